The maximum absolute atomic E-state index is 15.7. The summed E-state index contributed by atoms with van der Waals surface area (Å²) in [6, 6.07) is 17.5. The fraction of sp³-hybridized carbons (Fsp3) is 0.400. The average molecular weight is 525 g/mol. The molecule has 0 radical (unpaired) electrons. The molecule has 3 aromatic rings. The Labute approximate surface area is 223 Å². The van der Waals surface area contributed by atoms with E-state index in [1.165, 1.54) is 0 Å². The number of hydrogen-bond donors (Lipinski definition) is 0. The van der Waals surface area contributed by atoms with Crippen LogP contribution in [0.3, 0.4) is 0 Å². The van der Waals surface area contributed by atoms with Crippen LogP contribution in [0.2, 0.25) is 5.31 Å². The summed E-state index contributed by atoms with van der Waals surface area (Å²) in [5.74, 6) is -2.51. The summed E-state index contributed by atoms with van der Waals surface area (Å²) in [5.41, 5.74) is 1.55. The van der Waals surface area contributed by atoms with E-state index >= 15 is 4.39 Å². The minimum Gasteiger partial charge on any atom is -0.497 e. The molecular formula is C30H35BF3NO3. The van der Waals surface area contributed by atoms with Crippen molar-refractivity contribution < 1.29 is 27.3 Å². The maximum Gasteiger partial charge on any atom is 0.336 e. The summed E-state index contributed by atoms with van der Waals surface area (Å²) in [5, 5.41) is -0.432. The van der Waals surface area contributed by atoms with Crippen molar-refractivity contribution in [3.05, 3.63) is 83.2 Å². The van der Waals surface area contributed by atoms with Gasteiger partial charge in [-0.05, 0) is 66.8 Å². The molecule has 1 aliphatic rings. The zero-order valence-corrected chi connectivity index (χ0v) is 23.1. The van der Waals surface area contributed by atoms with Gasteiger partial charge in [-0.2, -0.15) is 0 Å². The number of anilines is 1. The summed E-state index contributed by atoms with van der Waals surface area (Å²) >= 11 is 0. The number of ether oxygens (including phenoxy) is 2. The van der Waals surface area contributed by atoms with E-state index in [9.17, 15) is 8.78 Å². The molecular weight excluding hydrogens is 490 g/mol. The van der Waals surface area contributed by atoms with Gasteiger partial charge in [-0.1, -0.05) is 38.1 Å². The molecule has 0 amide bonds. The van der Waals surface area contributed by atoms with E-state index in [-0.39, 0.29) is 11.3 Å². The molecule has 0 N–H and O–H groups in total. The first kappa shape index (κ1) is 27.9. The first-order valence-electron chi connectivity index (χ1n) is 12.7. The quantitative estimate of drug-likeness (QED) is 0.283. The largest absolute Gasteiger partial charge is 0.497 e. The van der Waals surface area contributed by atoms with Gasteiger partial charge in [-0.15, -0.1) is 0 Å². The zero-order valence-electron chi connectivity index (χ0n) is 23.1. The molecule has 0 saturated carbocycles. The normalized spacial score (nSPS) is 16.1. The Morgan fingerprint density at radius 3 is 1.68 bits per heavy atom. The minimum atomic E-state index is -3.23. The number of methoxy groups -OCH3 is 2. The summed E-state index contributed by atoms with van der Waals surface area (Å²) in [7, 11) is 3.19. The summed E-state index contributed by atoms with van der Waals surface area (Å²) in [4.78, 5) is 1.86. The van der Waals surface area contributed by atoms with Gasteiger partial charge in [0.15, 0.2) is 0 Å². The van der Waals surface area contributed by atoms with Gasteiger partial charge in [-0.25, -0.2) is 13.2 Å². The van der Waals surface area contributed by atoms with Crippen LogP contribution in [0.4, 0.5) is 18.9 Å². The van der Waals surface area contributed by atoms with Crippen LogP contribution in [0.15, 0.2) is 60.7 Å². The number of hydrogen-bond acceptors (Lipinski definition) is 4. The van der Waals surface area contributed by atoms with Crippen molar-refractivity contribution >= 4 is 18.1 Å². The zero-order chi connectivity index (χ0) is 27.9. The third kappa shape index (κ3) is 5.37. The molecule has 0 unspecified atom stereocenters. The van der Waals surface area contributed by atoms with Crippen LogP contribution in [0.25, 0.3) is 0 Å². The second-order valence-electron chi connectivity index (χ2n) is 11.1. The Morgan fingerprint density at radius 2 is 1.32 bits per heavy atom. The van der Waals surface area contributed by atoms with Gasteiger partial charge < -0.3 is 19.0 Å². The lowest BCUT2D eigenvalue weighted by Crippen LogP contribution is -2.67. The van der Waals surface area contributed by atoms with Gasteiger partial charge in [0.2, 0.25) is 0 Å². The summed E-state index contributed by atoms with van der Waals surface area (Å²) in [6.07, 6.45) is 0. The van der Waals surface area contributed by atoms with Crippen molar-refractivity contribution in [2.75, 3.05) is 19.1 Å². The molecule has 0 aromatic heterocycles. The van der Waals surface area contributed by atoms with E-state index in [4.69, 9.17) is 14.1 Å². The van der Waals surface area contributed by atoms with Gasteiger partial charge in [-0.3, -0.25) is 0 Å². The van der Waals surface area contributed by atoms with Crippen LogP contribution in [0.1, 0.15) is 51.3 Å². The molecule has 0 spiro atoms. The average Bonchev–Trinajstić information content (AvgIpc) is 2.87. The smallest absolute Gasteiger partial charge is 0.336 e. The number of halogens is 3. The highest BCUT2D eigenvalue weighted by Crippen LogP contribution is 2.54. The molecule has 4 nitrogen and oxygen atoms in total. The standard InChI is InChI=1S/C30H35BF3NO3/c1-28(2)29(3,4)38-31(28)25-17-27(26(32)16-24(25)30(5,33)34)35(18-20-8-12-22(36-6)13-9-20)19-21-10-14-23(37-7)15-11-21/h8-17H,18-19H2,1-7H3. The number of nitrogens with zero attached hydrogens (tertiary/aromatic N) is 1. The van der Waals surface area contributed by atoms with E-state index in [0.29, 0.717) is 30.1 Å². The van der Waals surface area contributed by atoms with Gasteiger partial charge >= 0.3 is 6.92 Å². The monoisotopic (exact) mass is 525 g/mol. The fourth-order valence-corrected chi connectivity index (χ4v) is 4.85. The summed E-state index contributed by atoms with van der Waals surface area (Å²) < 4.78 is 61.9. The van der Waals surface area contributed by atoms with Gasteiger partial charge in [0.05, 0.1) is 19.9 Å². The SMILES string of the molecule is COc1ccc(CN(Cc2ccc(OC)cc2)c2cc(B3OC(C)(C)C3(C)C)c(C(C)(F)F)cc2F)cc1. The lowest BCUT2D eigenvalue weighted by Gasteiger charge is -2.57. The fourth-order valence-electron chi connectivity index (χ4n) is 4.85. The summed E-state index contributed by atoms with van der Waals surface area (Å²) in [6.45, 7) is 8.79. The van der Waals surface area contributed by atoms with Crippen molar-refractivity contribution in [1.82, 2.24) is 0 Å². The van der Waals surface area contributed by atoms with Crippen LogP contribution in [0, 0.1) is 5.82 Å². The van der Waals surface area contributed by atoms with Crippen molar-refractivity contribution in [3.63, 3.8) is 0 Å². The lowest BCUT2D eigenvalue weighted by molar-refractivity contribution is -0.0114. The van der Waals surface area contributed by atoms with Crippen LogP contribution in [0.5, 0.6) is 11.5 Å². The maximum atomic E-state index is 15.7. The van der Waals surface area contributed by atoms with Gasteiger partial charge in [0.25, 0.3) is 5.92 Å². The Balaban J connectivity index is 1.80. The third-order valence-electron chi connectivity index (χ3n) is 7.90. The molecule has 1 fully saturated rings. The molecule has 0 bridgehead atoms. The van der Waals surface area contributed by atoms with Crippen LogP contribution in [-0.4, -0.2) is 26.7 Å². The van der Waals surface area contributed by atoms with Crippen molar-refractivity contribution in [3.8, 4) is 11.5 Å². The van der Waals surface area contributed by atoms with Crippen LogP contribution >= 0.6 is 0 Å². The second-order valence-corrected chi connectivity index (χ2v) is 11.1. The Hall–Kier alpha value is -3.13. The van der Waals surface area contributed by atoms with Crippen molar-refractivity contribution in [1.29, 1.82) is 0 Å². The van der Waals surface area contributed by atoms with E-state index in [1.807, 2.05) is 81.1 Å². The first-order chi connectivity index (χ1) is 17.8. The van der Waals surface area contributed by atoms with E-state index in [2.05, 4.69) is 0 Å². The molecule has 1 aliphatic heterocycles. The third-order valence-corrected chi connectivity index (χ3v) is 7.90. The molecule has 38 heavy (non-hydrogen) atoms. The highest BCUT2D eigenvalue weighted by atomic mass is 19.3. The number of alkyl halides is 2. The van der Waals surface area contributed by atoms with E-state index in [1.54, 1.807) is 20.3 Å². The highest BCUT2D eigenvalue weighted by Gasteiger charge is 2.60. The van der Waals surface area contributed by atoms with E-state index < -0.39 is 29.6 Å². The molecule has 3 aromatic carbocycles. The topological polar surface area (TPSA) is 30.9 Å². The predicted octanol–water partition coefficient (Wildman–Crippen LogP) is 6.95. The number of benzene rings is 3. The Morgan fingerprint density at radius 1 is 0.842 bits per heavy atom. The van der Waals surface area contributed by atoms with Gasteiger partial charge in [0.1, 0.15) is 17.3 Å². The Kier molecular flexibility index (Phi) is 7.50. The molecule has 8 heteroatoms. The van der Waals surface area contributed by atoms with Crippen LogP contribution in [-0.2, 0) is 23.7 Å². The predicted molar refractivity (Wildman–Crippen MR) is 146 cm³/mol. The second kappa shape index (κ2) is 10.2. The molecule has 4 rings (SSSR count). The molecule has 0 atom stereocenters. The van der Waals surface area contributed by atoms with Crippen molar-refractivity contribution in [2.45, 2.75) is 64.5 Å². The molecule has 0 aliphatic carbocycles. The van der Waals surface area contributed by atoms with Crippen molar-refractivity contribution in [2.24, 2.45) is 0 Å². The Bertz CT molecular complexity index is 1220. The molecule has 202 valence electrons. The van der Waals surface area contributed by atoms with E-state index in [0.717, 1.165) is 24.1 Å². The van der Waals surface area contributed by atoms with Gasteiger partial charge in [0, 0.05) is 36.5 Å². The molecule has 1 heterocycles. The minimum absolute atomic E-state index is 0.240. The highest BCUT2D eigenvalue weighted by molar-refractivity contribution is 6.73. The first-order valence-corrected chi connectivity index (χ1v) is 12.7. The number of rotatable bonds is 9. The molecule has 1 saturated heterocycles. The van der Waals surface area contributed by atoms with Crippen LogP contribution < -0.4 is 19.8 Å². The lowest BCUT2D eigenvalue weighted by atomic mass is 9.32.